The summed E-state index contributed by atoms with van der Waals surface area (Å²) in [6.45, 7) is 5.23. The van der Waals surface area contributed by atoms with Gasteiger partial charge in [0, 0.05) is 20.2 Å². The van der Waals surface area contributed by atoms with Crippen LogP contribution in [0.1, 0.15) is 20.3 Å². The van der Waals surface area contributed by atoms with Gasteiger partial charge in [0.05, 0.1) is 6.10 Å². The molecule has 0 radical (unpaired) electrons. The molecule has 0 spiro atoms. The zero-order valence-electron chi connectivity index (χ0n) is 11.5. The van der Waals surface area contributed by atoms with E-state index in [1.807, 2.05) is 30.3 Å². The van der Waals surface area contributed by atoms with Gasteiger partial charge in [-0.3, -0.25) is 0 Å². The minimum Gasteiger partial charge on any atom is -0.489 e. The molecule has 0 aliphatic carbocycles. The first kappa shape index (κ1) is 16.9. The van der Waals surface area contributed by atoms with Crippen molar-refractivity contribution in [2.24, 2.45) is 0 Å². The van der Waals surface area contributed by atoms with Crippen molar-refractivity contribution in [2.45, 2.75) is 32.5 Å². The fourth-order valence-corrected chi connectivity index (χ4v) is 1.41. The highest BCUT2D eigenvalue weighted by molar-refractivity contribution is 5.21. The van der Waals surface area contributed by atoms with Gasteiger partial charge in [0.1, 0.15) is 11.9 Å². The third kappa shape index (κ3) is 8.06. The lowest BCUT2D eigenvalue weighted by molar-refractivity contribution is 0.165. The van der Waals surface area contributed by atoms with Crippen molar-refractivity contribution in [1.29, 1.82) is 0 Å². The van der Waals surface area contributed by atoms with E-state index in [9.17, 15) is 0 Å². The first-order chi connectivity index (χ1) is 8.72. The van der Waals surface area contributed by atoms with Crippen LogP contribution < -0.4 is 10.1 Å². The van der Waals surface area contributed by atoms with Crippen molar-refractivity contribution >= 4 is 0 Å². The molecule has 4 nitrogen and oxygen atoms in total. The highest BCUT2D eigenvalue weighted by atomic mass is 16.5. The van der Waals surface area contributed by atoms with E-state index >= 15 is 0 Å². The Kier molecular flexibility index (Phi) is 10.3. The van der Waals surface area contributed by atoms with Crippen LogP contribution in [0, 0.1) is 0 Å². The first-order valence-corrected chi connectivity index (χ1v) is 6.27. The molecule has 1 rings (SSSR count). The van der Waals surface area contributed by atoms with Gasteiger partial charge in [-0.25, -0.2) is 0 Å². The number of hydrogen-bond donors (Lipinski definition) is 3. The number of para-hydroxylation sites is 1. The average molecular weight is 255 g/mol. The lowest BCUT2D eigenvalue weighted by Gasteiger charge is -2.18. The minimum atomic E-state index is -0.311. The molecule has 104 valence electrons. The number of rotatable bonds is 7. The van der Waals surface area contributed by atoms with E-state index in [1.54, 1.807) is 6.92 Å². The Morgan fingerprint density at radius 2 is 1.78 bits per heavy atom. The Balaban J connectivity index is 0.00000137. The van der Waals surface area contributed by atoms with Crippen molar-refractivity contribution in [1.82, 2.24) is 5.32 Å². The molecule has 2 atom stereocenters. The van der Waals surface area contributed by atoms with Crippen LogP contribution in [0.3, 0.4) is 0 Å². The maximum absolute atomic E-state index is 9.12. The predicted octanol–water partition coefficient (Wildman–Crippen LogP) is 1.42. The van der Waals surface area contributed by atoms with Gasteiger partial charge in [-0.1, -0.05) is 25.1 Å². The van der Waals surface area contributed by atoms with Crippen molar-refractivity contribution in [2.75, 3.05) is 20.2 Å². The number of aliphatic hydroxyl groups excluding tert-OH is 2. The number of ether oxygens (including phenoxy) is 1. The molecule has 4 heteroatoms. The predicted molar refractivity (Wildman–Crippen MR) is 73.8 cm³/mol. The summed E-state index contributed by atoms with van der Waals surface area (Å²) in [4.78, 5) is 0. The summed E-state index contributed by atoms with van der Waals surface area (Å²) in [5, 5.41) is 19.3. The van der Waals surface area contributed by atoms with Gasteiger partial charge in [0.15, 0.2) is 0 Å². The third-order valence-corrected chi connectivity index (χ3v) is 2.31. The standard InChI is InChI=1S/C13H21NO2.CH4O/c1-3-12(10-14-9-11(2)15)16-13-7-5-4-6-8-13;1-2/h4-8,11-12,14-15H,3,9-10H2,1-2H3;2H,1H3. The topological polar surface area (TPSA) is 61.7 Å². The largest absolute Gasteiger partial charge is 0.489 e. The molecule has 0 aliphatic heterocycles. The average Bonchev–Trinajstić information content (AvgIpc) is 2.40. The SMILES string of the molecule is CCC(CNCC(C)O)Oc1ccccc1.CO. The fraction of sp³-hybridized carbons (Fsp3) is 0.571. The van der Waals surface area contributed by atoms with Crippen LogP contribution in [-0.4, -0.2) is 42.6 Å². The lowest BCUT2D eigenvalue weighted by Crippen LogP contribution is -2.34. The van der Waals surface area contributed by atoms with E-state index in [-0.39, 0.29) is 12.2 Å². The van der Waals surface area contributed by atoms with Crippen LogP contribution in [-0.2, 0) is 0 Å². The minimum absolute atomic E-state index is 0.154. The van der Waals surface area contributed by atoms with Gasteiger partial charge in [-0.05, 0) is 25.5 Å². The zero-order chi connectivity index (χ0) is 13.8. The first-order valence-electron chi connectivity index (χ1n) is 6.27. The van der Waals surface area contributed by atoms with E-state index < -0.39 is 0 Å². The maximum Gasteiger partial charge on any atom is 0.119 e. The molecule has 0 amide bonds. The van der Waals surface area contributed by atoms with Crippen molar-refractivity contribution < 1.29 is 14.9 Å². The van der Waals surface area contributed by atoms with Crippen LogP contribution in [0.5, 0.6) is 5.75 Å². The molecule has 1 aromatic carbocycles. The Hall–Kier alpha value is -1.10. The molecule has 18 heavy (non-hydrogen) atoms. The van der Waals surface area contributed by atoms with Gasteiger partial charge >= 0.3 is 0 Å². The molecular formula is C14H25NO3. The number of benzene rings is 1. The molecular weight excluding hydrogens is 230 g/mol. The number of nitrogens with one attached hydrogen (secondary N) is 1. The molecule has 0 aromatic heterocycles. The summed E-state index contributed by atoms with van der Waals surface area (Å²) in [6.07, 6.45) is 0.789. The van der Waals surface area contributed by atoms with Crippen LogP contribution >= 0.6 is 0 Å². The summed E-state index contributed by atoms with van der Waals surface area (Å²) in [5.41, 5.74) is 0. The van der Waals surface area contributed by atoms with Gasteiger partial charge < -0.3 is 20.3 Å². The Bertz CT molecular complexity index is 278. The number of hydrogen-bond acceptors (Lipinski definition) is 4. The summed E-state index contributed by atoms with van der Waals surface area (Å²) in [6, 6.07) is 9.81. The van der Waals surface area contributed by atoms with Crippen molar-refractivity contribution in [3.63, 3.8) is 0 Å². The molecule has 0 bridgehead atoms. The van der Waals surface area contributed by atoms with E-state index in [4.69, 9.17) is 14.9 Å². The second-order valence-electron chi connectivity index (χ2n) is 3.97. The van der Waals surface area contributed by atoms with E-state index in [1.165, 1.54) is 0 Å². The molecule has 0 saturated heterocycles. The Labute approximate surface area is 110 Å². The second-order valence-corrected chi connectivity index (χ2v) is 3.97. The summed E-state index contributed by atoms with van der Waals surface area (Å²) >= 11 is 0. The third-order valence-electron chi connectivity index (χ3n) is 2.31. The van der Waals surface area contributed by atoms with Crippen LogP contribution in [0.25, 0.3) is 0 Å². The van der Waals surface area contributed by atoms with Gasteiger partial charge in [0.2, 0.25) is 0 Å². The molecule has 1 aromatic rings. The Morgan fingerprint density at radius 1 is 1.17 bits per heavy atom. The molecule has 0 fully saturated rings. The van der Waals surface area contributed by atoms with E-state index in [2.05, 4.69) is 12.2 Å². The molecule has 0 heterocycles. The van der Waals surface area contributed by atoms with Gasteiger partial charge in [0.25, 0.3) is 0 Å². The molecule has 2 unspecified atom stereocenters. The van der Waals surface area contributed by atoms with E-state index in [0.717, 1.165) is 25.8 Å². The van der Waals surface area contributed by atoms with Crippen LogP contribution in [0.15, 0.2) is 30.3 Å². The van der Waals surface area contributed by atoms with Crippen molar-refractivity contribution in [3.8, 4) is 5.75 Å². The van der Waals surface area contributed by atoms with Crippen LogP contribution in [0.2, 0.25) is 0 Å². The fourth-order valence-electron chi connectivity index (χ4n) is 1.41. The van der Waals surface area contributed by atoms with Crippen molar-refractivity contribution in [3.05, 3.63) is 30.3 Å². The highest BCUT2D eigenvalue weighted by Gasteiger charge is 2.07. The molecule has 3 N–H and O–H groups in total. The summed E-state index contributed by atoms with van der Waals surface area (Å²) in [7, 11) is 1.00. The smallest absolute Gasteiger partial charge is 0.119 e. The number of aliphatic hydroxyl groups is 2. The quantitative estimate of drug-likeness (QED) is 0.689. The van der Waals surface area contributed by atoms with Gasteiger partial charge in [-0.15, -0.1) is 0 Å². The monoisotopic (exact) mass is 255 g/mol. The normalized spacial score (nSPS) is 13.2. The summed E-state index contributed by atoms with van der Waals surface area (Å²) < 4.78 is 5.80. The highest BCUT2D eigenvalue weighted by Crippen LogP contribution is 2.11. The van der Waals surface area contributed by atoms with Crippen LogP contribution in [0.4, 0.5) is 0 Å². The maximum atomic E-state index is 9.12. The lowest BCUT2D eigenvalue weighted by atomic mass is 10.2. The molecule has 0 saturated carbocycles. The second kappa shape index (κ2) is 11.0. The van der Waals surface area contributed by atoms with E-state index in [0.29, 0.717) is 6.54 Å². The Morgan fingerprint density at radius 3 is 2.28 bits per heavy atom. The zero-order valence-corrected chi connectivity index (χ0v) is 11.5. The summed E-state index contributed by atoms with van der Waals surface area (Å²) in [5.74, 6) is 0.896. The van der Waals surface area contributed by atoms with Gasteiger partial charge in [-0.2, -0.15) is 0 Å². The molecule has 0 aliphatic rings.